The first-order valence-corrected chi connectivity index (χ1v) is 10.5. The third-order valence-corrected chi connectivity index (χ3v) is 5.84. The van der Waals surface area contributed by atoms with Gasteiger partial charge in [-0.1, -0.05) is 18.2 Å². The molecule has 0 spiro atoms. The maximum atomic E-state index is 13.4. The van der Waals surface area contributed by atoms with Gasteiger partial charge in [0.05, 0.1) is 10.6 Å². The predicted molar refractivity (Wildman–Crippen MR) is 119 cm³/mol. The molecular formula is C23H24N2O3S. The van der Waals surface area contributed by atoms with E-state index in [1.807, 2.05) is 57.2 Å². The highest BCUT2D eigenvalue weighted by atomic mass is 32.2. The molecule has 0 unspecified atom stereocenters. The van der Waals surface area contributed by atoms with Gasteiger partial charge in [-0.3, -0.25) is 14.7 Å². The van der Waals surface area contributed by atoms with E-state index in [4.69, 9.17) is 14.5 Å². The van der Waals surface area contributed by atoms with Gasteiger partial charge in [-0.25, -0.2) is 0 Å². The average molecular weight is 409 g/mol. The Labute approximate surface area is 175 Å². The second kappa shape index (κ2) is 7.95. The summed E-state index contributed by atoms with van der Waals surface area (Å²) in [6, 6.07) is 11.8. The molecule has 1 saturated heterocycles. The second-order valence-corrected chi connectivity index (χ2v) is 8.39. The van der Waals surface area contributed by atoms with Gasteiger partial charge >= 0.3 is 0 Å². The standard InChI is InChI=1S/C23H24N2O3S/c1-14(2)24-23-25(18-7-5-6-15(3)16(18)4)22(26)21(29-23)13-17-8-9-19-20(12-17)28-11-10-27-19/h5-9,12-14H,10-11H2,1-4H3/b21-13-,24-23?. The molecule has 2 aromatic rings. The molecule has 29 heavy (non-hydrogen) atoms. The summed E-state index contributed by atoms with van der Waals surface area (Å²) in [5, 5.41) is 0.711. The van der Waals surface area contributed by atoms with Gasteiger partial charge in [-0.15, -0.1) is 0 Å². The third kappa shape index (κ3) is 3.90. The number of thioether (sulfide) groups is 1. The molecule has 0 saturated carbocycles. The zero-order valence-electron chi connectivity index (χ0n) is 17.1. The van der Waals surface area contributed by atoms with Gasteiger partial charge in [0.2, 0.25) is 0 Å². The zero-order valence-corrected chi connectivity index (χ0v) is 17.9. The van der Waals surface area contributed by atoms with Crippen LogP contribution in [-0.4, -0.2) is 30.3 Å². The first-order valence-electron chi connectivity index (χ1n) is 9.71. The Morgan fingerprint density at radius 1 is 1.10 bits per heavy atom. The Bertz CT molecular complexity index is 1030. The summed E-state index contributed by atoms with van der Waals surface area (Å²) < 4.78 is 11.3. The smallest absolute Gasteiger partial charge is 0.271 e. The van der Waals surface area contributed by atoms with Crippen molar-refractivity contribution in [2.75, 3.05) is 18.1 Å². The van der Waals surface area contributed by atoms with Crippen molar-refractivity contribution in [3.05, 3.63) is 58.0 Å². The lowest BCUT2D eigenvalue weighted by Gasteiger charge is -2.20. The normalized spacial score (nSPS) is 18.9. The molecule has 2 aliphatic rings. The van der Waals surface area contributed by atoms with Crippen LogP contribution in [0.5, 0.6) is 11.5 Å². The van der Waals surface area contributed by atoms with E-state index in [0.29, 0.717) is 29.0 Å². The average Bonchev–Trinajstić information content (AvgIpc) is 2.98. The molecule has 6 heteroatoms. The second-order valence-electron chi connectivity index (χ2n) is 7.38. The van der Waals surface area contributed by atoms with Crippen LogP contribution in [-0.2, 0) is 4.79 Å². The summed E-state index contributed by atoms with van der Waals surface area (Å²) in [7, 11) is 0. The van der Waals surface area contributed by atoms with Crippen LogP contribution in [0.1, 0.15) is 30.5 Å². The molecule has 150 valence electrons. The van der Waals surface area contributed by atoms with Gasteiger partial charge in [0.1, 0.15) is 13.2 Å². The molecule has 0 atom stereocenters. The fourth-order valence-corrected chi connectivity index (χ4v) is 4.38. The van der Waals surface area contributed by atoms with Gasteiger partial charge in [-0.05, 0) is 80.4 Å². The van der Waals surface area contributed by atoms with E-state index < -0.39 is 0 Å². The number of hydrogen-bond donors (Lipinski definition) is 0. The number of nitrogens with zero attached hydrogens (tertiary/aromatic N) is 2. The molecule has 1 fully saturated rings. The number of amidine groups is 1. The summed E-state index contributed by atoms with van der Waals surface area (Å²) in [5.41, 5.74) is 4.01. The highest BCUT2D eigenvalue weighted by Gasteiger charge is 2.35. The van der Waals surface area contributed by atoms with Crippen molar-refractivity contribution in [1.29, 1.82) is 0 Å². The molecule has 0 radical (unpaired) electrons. The molecule has 2 aliphatic heterocycles. The van der Waals surface area contributed by atoms with Crippen LogP contribution in [0.3, 0.4) is 0 Å². The van der Waals surface area contributed by atoms with E-state index in [1.165, 1.54) is 11.8 Å². The lowest BCUT2D eigenvalue weighted by atomic mass is 10.1. The molecule has 1 amide bonds. The minimum atomic E-state index is -0.0574. The maximum Gasteiger partial charge on any atom is 0.271 e. The Kier molecular flexibility index (Phi) is 5.37. The van der Waals surface area contributed by atoms with Crippen LogP contribution >= 0.6 is 11.8 Å². The molecule has 4 rings (SSSR count). The Balaban J connectivity index is 1.74. The van der Waals surface area contributed by atoms with Gasteiger partial charge in [0.15, 0.2) is 16.7 Å². The van der Waals surface area contributed by atoms with Crippen molar-refractivity contribution < 1.29 is 14.3 Å². The molecular weight excluding hydrogens is 384 g/mol. The van der Waals surface area contributed by atoms with Gasteiger partial charge in [-0.2, -0.15) is 0 Å². The van der Waals surface area contributed by atoms with E-state index in [1.54, 1.807) is 4.90 Å². The van der Waals surface area contributed by atoms with E-state index in [2.05, 4.69) is 13.0 Å². The van der Waals surface area contributed by atoms with Crippen LogP contribution in [0.2, 0.25) is 0 Å². The van der Waals surface area contributed by atoms with Gasteiger partial charge < -0.3 is 9.47 Å². The first-order chi connectivity index (χ1) is 13.9. The van der Waals surface area contributed by atoms with Gasteiger partial charge in [0, 0.05) is 6.04 Å². The van der Waals surface area contributed by atoms with E-state index >= 15 is 0 Å². The number of ether oxygens (including phenoxy) is 2. The molecule has 2 heterocycles. The van der Waals surface area contributed by atoms with Crippen LogP contribution in [0.15, 0.2) is 46.3 Å². The monoisotopic (exact) mass is 408 g/mol. The maximum absolute atomic E-state index is 13.4. The van der Waals surface area contributed by atoms with E-state index in [0.717, 1.165) is 28.1 Å². The summed E-state index contributed by atoms with van der Waals surface area (Å²) in [6.07, 6.45) is 1.90. The highest BCUT2D eigenvalue weighted by Crippen LogP contribution is 2.39. The number of fused-ring (bicyclic) bond motifs is 1. The minimum absolute atomic E-state index is 0.0574. The van der Waals surface area contributed by atoms with Crippen LogP contribution in [0.4, 0.5) is 5.69 Å². The number of aryl methyl sites for hydroxylation is 1. The van der Waals surface area contributed by atoms with Crippen LogP contribution in [0, 0.1) is 13.8 Å². The predicted octanol–water partition coefficient (Wildman–Crippen LogP) is 4.96. The van der Waals surface area contributed by atoms with Crippen molar-refractivity contribution in [3.8, 4) is 11.5 Å². The lowest BCUT2D eigenvalue weighted by molar-refractivity contribution is -0.113. The molecule has 2 aromatic carbocycles. The van der Waals surface area contributed by atoms with Crippen molar-refractivity contribution in [2.45, 2.75) is 33.7 Å². The summed E-state index contributed by atoms with van der Waals surface area (Å²) in [4.78, 5) is 20.4. The first kappa shape index (κ1) is 19.6. The topological polar surface area (TPSA) is 51.1 Å². The number of hydrogen-bond acceptors (Lipinski definition) is 5. The van der Waals surface area contributed by atoms with Crippen LogP contribution in [0.25, 0.3) is 6.08 Å². The number of amides is 1. The summed E-state index contributed by atoms with van der Waals surface area (Å²) >= 11 is 1.41. The molecule has 5 nitrogen and oxygen atoms in total. The fourth-order valence-electron chi connectivity index (χ4n) is 3.27. The SMILES string of the molecule is Cc1cccc(N2C(=O)/C(=C/c3ccc4c(c3)OCCO4)SC2=NC(C)C)c1C. The van der Waals surface area contributed by atoms with Crippen molar-refractivity contribution in [3.63, 3.8) is 0 Å². The summed E-state index contributed by atoms with van der Waals surface area (Å²) in [5.74, 6) is 1.39. The Morgan fingerprint density at radius 2 is 1.86 bits per heavy atom. The quantitative estimate of drug-likeness (QED) is 0.674. The van der Waals surface area contributed by atoms with Crippen molar-refractivity contribution >= 4 is 34.6 Å². The molecule has 0 bridgehead atoms. The molecule has 0 aliphatic carbocycles. The molecule has 0 aromatic heterocycles. The zero-order chi connectivity index (χ0) is 20.5. The van der Waals surface area contributed by atoms with Gasteiger partial charge in [0.25, 0.3) is 5.91 Å². The van der Waals surface area contributed by atoms with E-state index in [9.17, 15) is 4.79 Å². The largest absolute Gasteiger partial charge is 0.486 e. The number of anilines is 1. The third-order valence-electron chi connectivity index (χ3n) is 4.86. The lowest BCUT2D eigenvalue weighted by Crippen LogP contribution is -2.30. The van der Waals surface area contributed by atoms with Crippen molar-refractivity contribution in [2.24, 2.45) is 4.99 Å². The van der Waals surface area contributed by atoms with Crippen LogP contribution < -0.4 is 14.4 Å². The Morgan fingerprint density at radius 3 is 2.62 bits per heavy atom. The minimum Gasteiger partial charge on any atom is -0.486 e. The van der Waals surface area contributed by atoms with E-state index in [-0.39, 0.29) is 11.9 Å². The highest BCUT2D eigenvalue weighted by molar-refractivity contribution is 8.19. The number of carbonyl (C=O) groups excluding carboxylic acids is 1. The number of rotatable bonds is 3. The number of aliphatic imine (C=N–C) groups is 1. The van der Waals surface area contributed by atoms with Crippen molar-refractivity contribution in [1.82, 2.24) is 0 Å². The fraction of sp³-hybridized carbons (Fsp3) is 0.304. The Hall–Kier alpha value is -2.73. The molecule has 0 N–H and O–H groups in total. The number of benzene rings is 2. The summed E-state index contributed by atoms with van der Waals surface area (Å²) in [6.45, 7) is 9.22. The number of carbonyl (C=O) groups is 1.